The molecule has 8 nitrogen and oxygen atoms in total. The van der Waals surface area contributed by atoms with Gasteiger partial charge in [-0.25, -0.2) is 0 Å². The standard InChI is InChI=1S/C46H86NO7P/c1-6-8-10-12-14-16-18-20-22-23-24-26-28-30-32-34-36-38-41-51-45(44-54-55(49,50)53-42-40-47(3,4)5)43-52-46(48)39-37-35-33-31-29-27-25-21-19-17-15-13-11-9-7-2/h14,16,20,22,24,26,30,32,45H,6-13,15,17-19,21,23,25,27-29,31,33-44H2,1-5H3/b16-14-,22-20-,26-24-,32-30-/t45-/m1/s1/i46+2. The Morgan fingerprint density at radius 3 is 1.49 bits per heavy atom. The van der Waals surface area contributed by atoms with E-state index in [1.807, 2.05) is 21.1 Å². The predicted molar refractivity (Wildman–Crippen MR) is 231 cm³/mol. The Bertz CT molecular complexity index is 1020. The van der Waals surface area contributed by atoms with Crippen LogP contribution in [-0.2, 0) is 27.9 Å². The summed E-state index contributed by atoms with van der Waals surface area (Å²) in [5.74, 6) is -0.284. The van der Waals surface area contributed by atoms with Gasteiger partial charge in [-0.3, -0.25) is 9.36 Å². The molecule has 322 valence electrons. The number of phosphoric ester groups is 1. The van der Waals surface area contributed by atoms with Crippen LogP contribution in [-0.4, -0.2) is 70.7 Å². The van der Waals surface area contributed by atoms with Gasteiger partial charge >= 0.3 is 5.97 Å². The summed E-state index contributed by atoms with van der Waals surface area (Å²) in [6, 6.07) is 0. The Labute approximate surface area is 339 Å². The van der Waals surface area contributed by atoms with Crippen LogP contribution < -0.4 is 4.89 Å². The summed E-state index contributed by atoms with van der Waals surface area (Å²) < 4.78 is 34.6. The van der Waals surface area contributed by atoms with E-state index < -0.39 is 13.9 Å². The average molecular weight is 798 g/mol. The Balaban J connectivity index is 4.31. The van der Waals surface area contributed by atoms with Gasteiger partial charge in [-0.05, 0) is 57.8 Å². The van der Waals surface area contributed by atoms with Crippen molar-refractivity contribution in [1.82, 2.24) is 0 Å². The van der Waals surface area contributed by atoms with E-state index in [-0.39, 0.29) is 25.8 Å². The van der Waals surface area contributed by atoms with E-state index in [9.17, 15) is 14.3 Å². The van der Waals surface area contributed by atoms with E-state index in [0.29, 0.717) is 24.1 Å². The molecule has 0 spiro atoms. The third-order valence-electron chi connectivity index (χ3n) is 9.42. The van der Waals surface area contributed by atoms with Crippen molar-refractivity contribution < 1.29 is 37.3 Å². The molecule has 0 heterocycles. The topological polar surface area (TPSA) is 94.1 Å². The van der Waals surface area contributed by atoms with Crippen LogP contribution in [0, 0.1) is 0 Å². The Kier molecular flexibility index (Phi) is 38.2. The van der Waals surface area contributed by atoms with E-state index in [1.54, 1.807) is 0 Å². The van der Waals surface area contributed by atoms with Crippen LogP contribution in [0.15, 0.2) is 48.6 Å². The Hall–Kier alpha value is -1.54. The molecule has 0 rings (SSSR count). The molecule has 0 N–H and O–H groups in total. The van der Waals surface area contributed by atoms with Gasteiger partial charge < -0.3 is 27.9 Å². The van der Waals surface area contributed by atoms with Crippen LogP contribution in [0.2, 0.25) is 0 Å². The van der Waals surface area contributed by atoms with Crippen LogP contribution in [0.3, 0.4) is 0 Å². The first-order valence-corrected chi connectivity index (χ1v) is 23.8. The fraction of sp³-hybridized carbons (Fsp3) is 0.804. The van der Waals surface area contributed by atoms with Crippen LogP contribution in [0.25, 0.3) is 0 Å². The van der Waals surface area contributed by atoms with Gasteiger partial charge in [0.15, 0.2) is 0 Å². The number of hydrogen-bond acceptors (Lipinski definition) is 7. The van der Waals surface area contributed by atoms with E-state index in [2.05, 4.69) is 62.5 Å². The Morgan fingerprint density at radius 2 is 1.00 bits per heavy atom. The first kappa shape index (κ1) is 53.5. The number of hydrogen-bond donors (Lipinski definition) is 0. The molecule has 0 aliphatic rings. The SMILES string of the molecule is CCCCC/C=C\C/C=C\C/C=C\C/C=C\CCCCO[C@H](CO[14C](=O)CCCCCCCCCCCCCCCCC)COP(=O)([O-])OCC[N+](C)(C)C. The number of quaternary nitrogens is 1. The summed E-state index contributed by atoms with van der Waals surface area (Å²) in [5.41, 5.74) is 0. The van der Waals surface area contributed by atoms with Crippen LogP contribution in [0.5, 0.6) is 0 Å². The lowest BCUT2D eigenvalue weighted by atomic mass is 10.0. The van der Waals surface area contributed by atoms with Gasteiger partial charge in [-0.2, -0.15) is 0 Å². The minimum atomic E-state index is -4.51. The molecule has 0 aliphatic heterocycles. The summed E-state index contributed by atoms with van der Waals surface area (Å²) in [6.45, 7) is 5.17. The second kappa shape index (κ2) is 39.3. The third-order valence-corrected chi connectivity index (χ3v) is 10.4. The number of esters is 1. The second-order valence-corrected chi connectivity index (χ2v) is 17.5. The maximum atomic E-state index is 12.5. The van der Waals surface area contributed by atoms with Crippen molar-refractivity contribution in [1.29, 1.82) is 0 Å². The first-order valence-electron chi connectivity index (χ1n) is 22.4. The average Bonchev–Trinajstić information content (AvgIpc) is 3.14. The van der Waals surface area contributed by atoms with Crippen molar-refractivity contribution in [2.24, 2.45) is 0 Å². The molecule has 0 saturated carbocycles. The molecule has 9 heteroatoms. The molecule has 1 unspecified atom stereocenters. The quantitative estimate of drug-likeness (QED) is 0.0200. The van der Waals surface area contributed by atoms with Gasteiger partial charge in [0.1, 0.15) is 25.9 Å². The summed E-state index contributed by atoms with van der Waals surface area (Å²) in [6.07, 6.45) is 47.1. The highest BCUT2D eigenvalue weighted by Gasteiger charge is 2.19. The number of carbonyl (C=O) groups excluding carboxylic acids is 1. The Morgan fingerprint density at radius 1 is 0.564 bits per heavy atom. The number of allylic oxidation sites excluding steroid dienone is 8. The summed E-state index contributed by atoms with van der Waals surface area (Å²) >= 11 is 0. The maximum Gasteiger partial charge on any atom is 0.305 e. The largest absolute Gasteiger partial charge is 0.756 e. The number of carbonyl (C=O) groups is 1. The minimum Gasteiger partial charge on any atom is -0.756 e. The molecule has 0 aromatic carbocycles. The molecular weight excluding hydrogens is 711 g/mol. The van der Waals surface area contributed by atoms with Gasteiger partial charge in [0.25, 0.3) is 7.82 Å². The molecule has 0 aromatic heterocycles. The number of unbranched alkanes of at least 4 members (excludes halogenated alkanes) is 19. The lowest BCUT2D eigenvalue weighted by Gasteiger charge is -2.28. The van der Waals surface area contributed by atoms with Crippen molar-refractivity contribution in [3.05, 3.63) is 48.6 Å². The zero-order valence-electron chi connectivity index (χ0n) is 36.4. The van der Waals surface area contributed by atoms with Crippen molar-refractivity contribution in [3.8, 4) is 0 Å². The summed E-state index contributed by atoms with van der Waals surface area (Å²) in [4.78, 5) is 24.9. The number of phosphoric acid groups is 1. The smallest absolute Gasteiger partial charge is 0.305 e. The van der Waals surface area contributed by atoms with Crippen molar-refractivity contribution in [2.45, 2.75) is 187 Å². The fourth-order valence-corrected chi connectivity index (χ4v) is 6.59. The van der Waals surface area contributed by atoms with E-state index in [0.717, 1.165) is 57.8 Å². The highest BCUT2D eigenvalue weighted by molar-refractivity contribution is 7.45. The summed E-state index contributed by atoms with van der Waals surface area (Å²) in [7, 11) is 1.37. The van der Waals surface area contributed by atoms with E-state index in [4.69, 9.17) is 18.5 Å². The van der Waals surface area contributed by atoms with Gasteiger partial charge in [-0.1, -0.05) is 165 Å². The molecule has 55 heavy (non-hydrogen) atoms. The van der Waals surface area contributed by atoms with Crippen LogP contribution >= 0.6 is 7.82 Å². The predicted octanol–water partition coefficient (Wildman–Crippen LogP) is 12.5. The molecule has 0 amide bonds. The number of likely N-dealkylation sites (N-methyl/N-ethyl adjacent to an activating group) is 1. The number of rotatable bonds is 41. The van der Waals surface area contributed by atoms with E-state index in [1.165, 1.54) is 103 Å². The zero-order chi connectivity index (χ0) is 40.6. The highest BCUT2D eigenvalue weighted by Crippen LogP contribution is 2.38. The summed E-state index contributed by atoms with van der Waals surface area (Å²) in [5, 5.41) is 0. The molecule has 0 aliphatic carbocycles. The molecule has 2 atom stereocenters. The lowest BCUT2D eigenvalue weighted by Crippen LogP contribution is -2.37. The van der Waals surface area contributed by atoms with Gasteiger partial charge in [0.05, 0.1) is 27.7 Å². The van der Waals surface area contributed by atoms with Gasteiger partial charge in [0, 0.05) is 13.0 Å². The number of ether oxygens (including phenoxy) is 2. The zero-order valence-corrected chi connectivity index (χ0v) is 37.3. The van der Waals surface area contributed by atoms with Crippen LogP contribution in [0.1, 0.15) is 181 Å². The molecule has 0 fully saturated rings. The molecule has 0 radical (unpaired) electrons. The molecule has 0 aromatic rings. The van der Waals surface area contributed by atoms with Crippen molar-refractivity contribution in [2.75, 3.05) is 54.1 Å². The third kappa shape index (κ3) is 43.4. The normalized spacial score (nSPS) is 14.2. The molecule has 0 bridgehead atoms. The fourth-order valence-electron chi connectivity index (χ4n) is 5.86. The lowest BCUT2D eigenvalue weighted by molar-refractivity contribution is -0.870. The first-order chi connectivity index (χ1) is 26.6. The van der Waals surface area contributed by atoms with Gasteiger partial charge in [-0.15, -0.1) is 0 Å². The van der Waals surface area contributed by atoms with Crippen molar-refractivity contribution >= 4 is 13.8 Å². The van der Waals surface area contributed by atoms with Gasteiger partial charge in [0.2, 0.25) is 0 Å². The van der Waals surface area contributed by atoms with Crippen LogP contribution in [0.4, 0.5) is 0 Å². The maximum absolute atomic E-state index is 12.5. The highest BCUT2D eigenvalue weighted by atomic mass is 31.2. The molecule has 0 saturated heterocycles. The number of nitrogens with zero attached hydrogens (tertiary/aromatic N) is 1. The minimum absolute atomic E-state index is 0.0293. The van der Waals surface area contributed by atoms with E-state index >= 15 is 0 Å². The molecular formula is C46H86NO7P. The monoisotopic (exact) mass is 798 g/mol. The van der Waals surface area contributed by atoms with Crippen molar-refractivity contribution in [3.63, 3.8) is 0 Å². The second-order valence-electron chi connectivity index (χ2n) is 16.0.